The molecule has 1 amide bonds. The molecule has 4 N–H and O–H groups in total. The Labute approximate surface area is 128 Å². The largest absolute Gasteiger partial charge is 0.352 e. The molecule has 0 heterocycles. The van der Waals surface area contributed by atoms with Crippen molar-refractivity contribution in [3.05, 3.63) is 32.8 Å². The molecule has 0 aromatic heterocycles. The molecule has 7 nitrogen and oxygen atoms in total. The number of benzene rings is 1. The third-order valence-electron chi connectivity index (χ3n) is 2.99. The van der Waals surface area contributed by atoms with Gasteiger partial charge in [-0.25, -0.2) is 0 Å². The number of hydrogen-bond donors (Lipinski definition) is 3. The van der Waals surface area contributed by atoms with E-state index < -0.39 is 4.92 Å². The first kappa shape index (κ1) is 17.2. The zero-order chi connectivity index (χ0) is 15.8. The third kappa shape index (κ3) is 4.87. The minimum absolute atomic E-state index is 0.0128. The maximum absolute atomic E-state index is 12.0. The predicted octanol–water partition coefficient (Wildman–Crippen LogP) is 2.84. The number of nitro benzene ring substituents is 1. The molecule has 0 fully saturated rings. The van der Waals surface area contributed by atoms with Gasteiger partial charge in [-0.1, -0.05) is 37.8 Å². The number of nitrogens with one attached hydrogen (secondary N) is 2. The van der Waals surface area contributed by atoms with Gasteiger partial charge in [-0.2, -0.15) is 0 Å². The number of anilines is 1. The number of nitrogen functional groups attached to an aromatic ring is 1. The Morgan fingerprint density at radius 3 is 2.67 bits per heavy atom. The van der Waals surface area contributed by atoms with Gasteiger partial charge in [0.2, 0.25) is 0 Å². The Bertz CT molecular complexity index is 522. The summed E-state index contributed by atoms with van der Waals surface area (Å²) in [5.41, 5.74) is 1.97. The van der Waals surface area contributed by atoms with E-state index in [2.05, 4.69) is 17.7 Å². The molecular formula is C13H19ClN4O3. The molecule has 1 rings (SSSR count). The number of nitro groups is 1. The van der Waals surface area contributed by atoms with E-state index >= 15 is 0 Å². The van der Waals surface area contributed by atoms with Gasteiger partial charge in [-0.05, 0) is 12.5 Å². The standard InChI is InChI=1S/C13H19ClN4O3/c1-2-3-4-5-6-16-13(19)9-7-10(14)12(17-15)11(8-9)18(20)21/h7-8,17H,2-6,15H2,1H3,(H,16,19). The van der Waals surface area contributed by atoms with Crippen LogP contribution in [0, 0.1) is 10.1 Å². The zero-order valence-corrected chi connectivity index (χ0v) is 12.6. The van der Waals surface area contributed by atoms with Crippen LogP contribution in [0.1, 0.15) is 43.0 Å². The fourth-order valence-corrected chi connectivity index (χ4v) is 2.13. The minimum Gasteiger partial charge on any atom is -0.352 e. The van der Waals surface area contributed by atoms with Crippen molar-refractivity contribution in [2.45, 2.75) is 32.6 Å². The van der Waals surface area contributed by atoms with Crippen LogP contribution in [0.2, 0.25) is 5.02 Å². The maximum atomic E-state index is 12.0. The minimum atomic E-state index is -0.640. The average molecular weight is 315 g/mol. The molecule has 0 atom stereocenters. The van der Waals surface area contributed by atoms with E-state index in [0.29, 0.717) is 6.54 Å². The Balaban J connectivity index is 2.78. The van der Waals surface area contributed by atoms with E-state index in [4.69, 9.17) is 17.4 Å². The summed E-state index contributed by atoms with van der Waals surface area (Å²) in [4.78, 5) is 22.3. The second kappa shape index (κ2) is 8.43. The number of carbonyl (C=O) groups is 1. The van der Waals surface area contributed by atoms with Crippen molar-refractivity contribution in [1.82, 2.24) is 5.32 Å². The van der Waals surface area contributed by atoms with Crippen LogP contribution in [-0.2, 0) is 0 Å². The average Bonchev–Trinajstić information content (AvgIpc) is 2.45. The van der Waals surface area contributed by atoms with E-state index in [1.54, 1.807) is 0 Å². The highest BCUT2D eigenvalue weighted by atomic mass is 35.5. The highest BCUT2D eigenvalue weighted by Crippen LogP contribution is 2.32. The topological polar surface area (TPSA) is 110 Å². The smallest absolute Gasteiger partial charge is 0.295 e. The molecule has 0 saturated carbocycles. The molecule has 0 aliphatic carbocycles. The highest BCUT2D eigenvalue weighted by molar-refractivity contribution is 6.34. The fraction of sp³-hybridized carbons (Fsp3) is 0.462. The van der Waals surface area contributed by atoms with Crippen molar-refractivity contribution in [3.63, 3.8) is 0 Å². The van der Waals surface area contributed by atoms with Crippen molar-refractivity contribution < 1.29 is 9.72 Å². The molecule has 1 aromatic carbocycles. The van der Waals surface area contributed by atoms with Gasteiger partial charge in [-0.15, -0.1) is 0 Å². The summed E-state index contributed by atoms with van der Waals surface area (Å²) in [7, 11) is 0. The molecule has 0 bridgehead atoms. The van der Waals surface area contributed by atoms with E-state index in [-0.39, 0.29) is 27.9 Å². The van der Waals surface area contributed by atoms with Gasteiger partial charge in [0, 0.05) is 18.2 Å². The molecule has 0 spiro atoms. The summed E-state index contributed by atoms with van der Waals surface area (Å²) in [5, 5.41) is 13.7. The fourth-order valence-electron chi connectivity index (χ4n) is 1.87. The second-order valence-corrected chi connectivity index (χ2v) is 4.98. The zero-order valence-electron chi connectivity index (χ0n) is 11.8. The molecule has 1 aromatic rings. The van der Waals surface area contributed by atoms with E-state index in [9.17, 15) is 14.9 Å². The Morgan fingerprint density at radius 1 is 1.38 bits per heavy atom. The molecule has 8 heteroatoms. The Kier molecular flexibility index (Phi) is 6.90. The summed E-state index contributed by atoms with van der Waals surface area (Å²) in [6.45, 7) is 2.63. The molecule has 0 unspecified atom stereocenters. The molecular weight excluding hydrogens is 296 g/mol. The summed E-state index contributed by atoms with van der Waals surface area (Å²) >= 11 is 5.90. The van der Waals surface area contributed by atoms with Gasteiger partial charge in [0.15, 0.2) is 0 Å². The number of halogens is 1. The maximum Gasteiger partial charge on any atom is 0.295 e. The summed E-state index contributed by atoms with van der Waals surface area (Å²) < 4.78 is 0. The predicted molar refractivity (Wildman–Crippen MR) is 82.4 cm³/mol. The first-order valence-electron chi connectivity index (χ1n) is 6.74. The number of amides is 1. The molecule has 21 heavy (non-hydrogen) atoms. The first-order chi connectivity index (χ1) is 10.0. The van der Waals surface area contributed by atoms with Crippen LogP contribution in [0.3, 0.4) is 0 Å². The number of carbonyl (C=O) groups excluding carboxylic acids is 1. The van der Waals surface area contributed by atoms with Gasteiger partial charge >= 0.3 is 0 Å². The van der Waals surface area contributed by atoms with Crippen LogP contribution < -0.4 is 16.6 Å². The molecule has 0 radical (unpaired) electrons. The van der Waals surface area contributed by atoms with Crippen LogP contribution >= 0.6 is 11.6 Å². The number of hydrogen-bond acceptors (Lipinski definition) is 5. The Morgan fingerprint density at radius 2 is 2.10 bits per heavy atom. The van der Waals surface area contributed by atoms with Crippen molar-refractivity contribution in [2.24, 2.45) is 5.84 Å². The van der Waals surface area contributed by atoms with Crippen molar-refractivity contribution in [3.8, 4) is 0 Å². The highest BCUT2D eigenvalue weighted by Gasteiger charge is 2.20. The van der Waals surface area contributed by atoms with Gasteiger partial charge in [0.25, 0.3) is 11.6 Å². The van der Waals surface area contributed by atoms with Crippen LogP contribution in [0.25, 0.3) is 0 Å². The number of nitrogens with zero attached hydrogens (tertiary/aromatic N) is 1. The lowest BCUT2D eigenvalue weighted by Gasteiger charge is -2.08. The number of unbranched alkanes of at least 4 members (excludes halogenated alkanes) is 3. The number of rotatable bonds is 8. The van der Waals surface area contributed by atoms with Crippen LogP contribution in [0.5, 0.6) is 0 Å². The van der Waals surface area contributed by atoms with Crippen molar-refractivity contribution in [1.29, 1.82) is 0 Å². The first-order valence-corrected chi connectivity index (χ1v) is 7.11. The van der Waals surface area contributed by atoms with Gasteiger partial charge in [0.1, 0.15) is 5.69 Å². The van der Waals surface area contributed by atoms with Crippen molar-refractivity contribution >= 4 is 28.9 Å². The van der Waals surface area contributed by atoms with E-state index in [1.807, 2.05) is 0 Å². The van der Waals surface area contributed by atoms with Crippen LogP contribution in [-0.4, -0.2) is 17.4 Å². The normalized spacial score (nSPS) is 10.2. The number of nitrogens with two attached hydrogens (primary N) is 1. The van der Waals surface area contributed by atoms with Crippen LogP contribution in [0.15, 0.2) is 12.1 Å². The molecule has 116 valence electrons. The SMILES string of the molecule is CCCCCCNC(=O)c1cc(Cl)c(NN)c([N+](=O)[O-])c1. The Hall–Kier alpha value is -1.86. The van der Waals surface area contributed by atoms with Gasteiger partial charge < -0.3 is 10.7 Å². The van der Waals surface area contributed by atoms with E-state index in [1.165, 1.54) is 6.07 Å². The lowest BCUT2D eigenvalue weighted by atomic mass is 10.1. The van der Waals surface area contributed by atoms with Gasteiger partial charge in [-0.3, -0.25) is 20.8 Å². The molecule has 0 saturated heterocycles. The monoisotopic (exact) mass is 314 g/mol. The quantitative estimate of drug-likeness (QED) is 0.296. The summed E-state index contributed by atoms with van der Waals surface area (Å²) in [6, 6.07) is 2.51. The molecule has 0 aliphatic heterocycles. The number of hydrazine groups is 1. The lowest BCUT2D eigenvalue weighted by Crippen LogP contribution is -2.24. The van der Waals surface area contributed by atoms with Crippen LogP contribution in [0.4, 0.5) is 11.4 Å². The second-order valence-electron chi connectivity index (χ2n) is 4.57. The van der Waals surface area contributed by atoms with Gasteiger partial charge in [0.05, 0.1) is 9.95 Å². The summed E-state index contributed by atoms with van der Waals surface area (Å²) in [5.74, 6) is 4.81. The lowest BCUT2D eigenvalue weighted by molar-refractivity contribution is -0.384. The van der Waals surface area contributed by atoms with Crippen molar-refractivity contribution in [2.75, 3.05) is 12.0 Å². The van der Waals surface area contributed by atoms with E-state index in [0.717, 1.165) is 31.7 Å². The molecule has 0 aliphatic rings. The summed E-state index contributed by atoms with van der Waals surface area (Å²) in [6.07, 6.45) is 4.14. The third-order valence-corrected chi connectivity index (χ3v) is 3.29.